The zero-order valence-electron chi connectivity index (χ0n) is 35.3. The molecule has 4 heterocycles. The molecule has 56 heavy (non-hydrogen) atoms. The quantitative estimate of drug-likeness (QED) is 0.193. The van der Waals surface area contributed by atoms with Gasteiger partial charge in [-0.15, -0.1) is 0 Å². The van der Waals surface area contributed by atoms with E-state index in [2.05, 4.69) is 51.5 Å². The van der Waals surface area contributed by atoms with Crippen molar-refractivity contribution < 1.29 is 42.6 Å². The van der Waals surface area contributed by atoms with Crippen molar-refractivity contribution in [3.8, 4) is 0 Å². The molecule has 0 radical (unpaired) electrons. The van der Waals surface area contributed by atoms with Gasteiger partial charge in [0.15, 0.2) is 28.8 Å². The topological polar surface area (TPSA) is 227 Å². The summed E-state index contributed by atoms with van der Waals surface area (Å²) in [6.45, 7) is 28.6. The first-order valence-corrected chi connectivity index (χ1v) is 24.4. The third-order valence-electron chi connectivity index (χ3n) is 10.8. The average Bonchev–Trinajstić information content (AvgIpc) is 3.63. The highest BCUT2D eigenvalue weighted by molar-refractivity contribution is 6.74. The summed E-state index contributed by atoms with van der Waals surface area (Å²) in [6.07, 6.45) is -2.12. The van der Waals surface area contributed by atoms with Gasteiger partial charge in [-0.3, -0.25) is 33.5 Å². The highest BCUT2D eigenvalue weighted by Gasteiger charge is 2.50. The van der Waals surface area contributed by atoms with Crippen LogP contribution in [0.5, 0.6) is 0 Å². The number of carboxylic acids is 1. The minimum Gasteiger partial charge on any atom is -0.479 e. The van der Waals surface area contributed by atoms with Crippen LogP contribution >= 0.6 is 0 Å². The van der Waals surface area contributed by atoms with Gasteiger partial charge >= 0.3 is 29.3 Å². The molecule has 17 nitrogen and oxygen atoms in total. The van der Waals surface area contributed by atoms with E-state index < -0.39 is 99.3 Å². The van der Waals surface area contributed by atoms with Crippen LogP contribution < -0.4 is 22.5 Å². The smallest absolute Gasteiger partial charge is 0.345 e. The fourth-order valence-electron chi connectivity index (χ4n) is 5.29. The number of aromatic nitrogens is 4. The summed E-state index contributed by atoms with van der Waals surface area (Å²) >= 11 is 0. The molecule has 0 spiro atoms. The number of carbonyl (C=O) groups excluding carboxylic acids is 2. The van der Waals surface area contributed by atoms with Gasteiger partial charge in [0.05, 0.1) is 17.6 Å². The lowest BCUT2D eigenvalue weighted by Crippen LogP contribution is -2.48. The third kappa shape index (κ3) is 10.8. The lowest BCUT2D eigenvalue weighted by Gasteiger charge is -2.39. The normalized spacial score (nSPS) is 23.3. The number of carboxylic acid groups (broad SMARTS) is 1. The van der Waals surface area contributed by atoms with Crippen LogP contribution in [0.1, 0.15) is 98.7 Å². The average molecular weight is 825 g/mol. The third-order valence-corrected chi connectivity index (χ3v) is 19.9. The van der Waals surface area contributed by atoms with Gasteiger partial charge in [-0.2, -0.15) is 0 Å². The molecule has 2 aliphatic rings. The summed E-state index contributed by atoms with van der Waals surface area (Å²) in [6, 6.07) is 0. The van der Waals surface area contributed by atoms with E-state index in [-0.39, 0.29) is 22.9 Å². The van der Waals surface area contributed by atoms with Gasteiger partial charge in [0.1, 0.15) is 12.5 Å². The Labute approximate surface area is 328 Å². The molecule has 4 rings (SSSR count). The highest BCUT2D eigenvalue weighted by atomic mass is 28.4. The zero-order valence-corrected chi connectivity index (χ0v) is 37.3. The van der Waals surface area contributed by atoms with Crippen LogP contribution in [0.2, 0.25) is 36.3 Å². The fourth-order valence-corrected chi connectivity index (χ4v) is 7.95. The van der Waals surface area contributed by atoms with Gasteiger partial charge in [0.2, 0.25) is 0 Å². The maximum atomic E-state index is 12.9. The Morgan fingerprint density at radius 1 is 0.696 bits per heavy atom. The number of aryl methyl sites for hydroxylation is 2. The van der Waals surface area contributed by atoms with Gasteiger partial charge in [0.25, 0.3) is 11.1 Å². The van der Waals surface area contributed by atoms with Crippen molar-refractivity contribution in [3.63, 3.8) is 0 Å². The molecule has 0 amide bonds. The van der Waals surface area contributed by atoms with E-state index in [1.165, 1.54) is 21.5 Å². The summed E-state index contributed by atoms with van der Waals surface area (Å²) in [5.74, 6) is -2.64. The van der Waals surface area contributed by atoms with Crippen LogP contribution in [0, 0.1) is 19.3 Å². The van der Waals surface area contributed by atoms with Gasteiger partial charge in [-0.25, -0.2) is 19.2 Å². The van der Waals surface area contributed by atoms with Crippen LogP contribution in [0.15, 0.2) is 31.6 Å². The monoisotopic (exact) mass is 824 g/mol. The molecule has 0 aliphatic carbocycles. The number of ether oxygens (including phenoxy) is 3. The molecule has 19 heteroatoms. The highest BCUT2D eigenvalue weighted by Crippen LogP contribution is 2.42. The fraction of sp³-hybridized carbons (Fsp3) is 0.703. The summed E-state index contributed by atoms with van der Waals surface area (Å²) in [5.41, 5.74) is -2.41. The molecule has 0 bridgehead atoms. The van der Waals surface area contributed by atoms with Crippen LogP contribution in [0.3, 0.4) is 0 Å². The van der Waals surface area contributed by atoms with E-state index in [0.717, 1.165) is 0 Å². The van der Waals surface area contributed by atoms with Crippen molar-refractivity contribution in [2.45, 2.75) is 162 Å². The number of aromatic amines is 2. The predicted molar refractivity (Wildman–Crippen MR) is 212 cm³/mol. The first-order chi connectivity index (χ1) is 25.3. The summed E-state index contributed by atoms with van der Waals surface area (Å²) < 4.78 is 31.7. The van der Waals surface area contributed by atoms with Crippen LogP contribution in [-0.4, -0.2) is 83.2 Å². The summed E-state index contributed by atoms with van der Waals surface area (Å²) in [4.78, 5) is 88.8. The van der Waals surface area contributed by atoms with Gasteiger partial charge in [-0.05, 0) is 70.9 Å². The van der Waals surface area contributed by atoms with Crippen molar-refractivity contribution in [2.24, 2.45) is 5.41 Å². The van der Waals surface area contributed by atoms with Gasteiger partial charge in [0, 0.05) is 36.4 Å². The van der Waals surface area contributed by atoms with E-state index in [1.807, 2.05) is 26.2 Å². The molecular weight excluding hydrogens is 765 g/mol. The molecule has 3 unspecified atom stereocenters. The summed E-state index contributed by atoms with van der Waals surface area (Å²) in [7, 11) is -4.53. The number of nitrogens with zero attached hydrogens (tertiary/aromatic N) is 2. The minimum absolute atomic E-state index is 0.0838. The minimum atomic E-state index is -2.32. The zero-order chi connectivity index (χ0) is 43.1. The molecule has 0 saturated carbocycles. The van der Waals surface area contributed by atoms with E-state index in [9.17, 15) is 38.7 Å². The molecule has 0 aromatic carbocycles. The molecular formula is C37H60N4O13Si2. The Balaban J connectivity index is 0.000000307. The maximum Gasteiger partial charge on any atom is 0.345 e. The molecule has 6 atom stereocenters. The number of rotatable bonds is 8. The Morgan fingerprint density at radius 2 is 1.05 bits per heavy atom. The molecule has 2 aromatic heterocycles. The number of hydrogen-bond donors (Lipinski definition) is 3. The van der Waals surface area contributed by atoms with Crippen molar-refractivity contribution in [3.05, 3.63) is 65.2 Å². The lowest BCUT2D eigenvalue weighted by atomic mass is 9.97. The Bertz CT molecular complexity index is 2030. The number of nitrogens with one attached hydrogen (secondary N) is 2. The lowest BCUT2D eigenvalue weighted by molar-refractivity contribution is -0.176. The van der Waals surface area contributed by atoms with Gasteiger partial charge < -0.3 is 28.2 Å². The first-order valence-electron chi connectivity index (χ1n) is 18.6. The molecule has 3 N–H and O–H groups in total. The number of H-pyrrole nitrogens is 2. The molecule has 2 fully saturated rings. The van der Waals surface area contributed by atoms with Crippen LogP contribution in [0.25, 0.3) is 0 Å². The number of esters is 2. The second-order valence-electron chi connectivity index (χ2n) is 18.6. The number of carbonyl (C=O) groups is 3. The molecule has 2 saturated heterocycles. The largest absolute Gasteiger partial charge is 0.479 e. The molecule has 2 aliphatic heterocycles. The Kier molecular flexibility index (Phi) is 13.8. The predicted octanol–water partition coefficient (Wildman–Crippen LogP) is 4.25. The van der Waals surface area contributed by atoms with Gasteiger partial charge in [-0.1, -0.05) is 41.5 Å². The van der Waals surface area contributed by atoms with E-state index in [0.29, 0.717) is 11.1 Å². The second-order valence-corrected chi connectivity index (χ2v) is 28.1. The summed E-state index contributed by atoms with van der Waals surface area (Å²) in [5, 5.41) is 9.26. The van der Waals surface area contributed by atoms with Crippen LogP contribution in [-0.2, 0) is 37.4 Å². The van der Waals surface area contributed by atoms with Crippen molar-refractivity contribution in [2.75, 3.05) is 0 Å². The molecule has 314 valence electrons. The SMILES string of the molecule is Cc1cn(C2CC(O[Si](C)(C)C(C)(C)C)C(C(=O)OC(=O)C(C)(C)C)O2)c(=O)[nH]c1=O.Cc1cn([C@H]2C[C@@H](O[Si](C)(C)C(C)(C)C)[C@@H](C(=O)O)O2)c(=O)[nH]c1=O. The van der Waals surface area contributed by atoms with Crippen molar-refractivity contribution in [1.29, 1.82) is 0 Å². The molecule has 2 aromatic rings. The Morgan fingerprint density at radius 3 is 1.39 bits per heavy atom. The Hall–Kier alpha value is -3.76. The standard InChI is InChI=1S/C21H34N2O7Si.C16H26N2O6Si/c1-12-11-23(19(27)22-16(12)24)14-10-13(30-31(8,9)21(5,6)7)15(28-14)17(25)29-18(26)20(2,3)4;1-9-8-18(15(22)17-13(9)19)11-7-10(12(23-11)14(20)21)24-25(5,6)16(2,3)4/h11,13-15H,10H2,1-9H3,(H,22,24,27);8,10-12H,7H2,1-6H3,(H,20,21)(H,17,19,22)/t;10-,11-,12+/m.1/s1. The number of hydrogen-bond acceptors (Lipinski definition) is 12. The van der Waals surface area contributed by atoms with Crippen LogP contribution in [0.4, 0.5) is 0 Å². The van der Waals surface area contributed by atoms with E-state index >= 15 is 0 Å². The maximum absolute atomic E-state index is 12.9. The first kappa shape index (κ1) is 46.6. The number of aliphatic carboxylic acids is 1. The second kappa shape index (κ2) is 16.6. The van der Waals surface area contributed by atoms with Crippen molar-refractivity contribution >= 4 is 34.5 Å². The van der Waals surface area contributed by atoms with Crippen molar-refractivity contribution in [1.82, 2.24) is 19.1 Å². The van der Waals surface area contributed by atoms with E-state index in [1.54, 1.807) is 34.6 Å². The van der Waals surface area contributed by atoms with E-state index in [4.69, 9.17) is 23.1 Å².